The van der Waals surface area contributed by atoms with Crippen molar-refractivity contribution in [3.8, 4) is 18.1 Å². The van der Waals surface area contributed by atoms with Crippen LogP contribution in [0.15, 0.2) is 24.3 Å². The van der Waals surface area contributed by atoms with Crippen LogP contribution in [0.3, 0.4) is 0 Å². The van der Waals surface area contributed by atoms with Gasteiger partial charge >= 0.3 is 0 Å². The average molecular weight is 280 g/mol. The van der Waals surface area contributed by atoms with E-state index in [-0.39, 0.29) is 11.5 Å². The van der Waals surface area contributed by atoms with Crippen LogP contribution >= 0.6 is 0 Å². The number of sulfone groups is 1. The summed E-state index contributed by atoms with van der Waals surface area (Å²) >= 11 is 0. The fraction of sp³-hybridized carbons (Fsp3) is 0.467. The van der Waals surface area contributed by atoms with E-state index < -0.39 is 9.84 Å². The number of rotatable bonds is 7. The molecule has 0 aliphatic heterocycles. The first kappa shape index (κ1) is 15.6. The van der Waals surface area contributed by atoms with Crippen LogP contribution in [-0.2, 0) is 9.84 Å². The number of hydrogen-bond acceptors (Lipinski definition) is 3. The van der Waals surface area contributed by atoms with E-state index in [2.05, 4.69) is 25.8 Å². The molecular weight excluding hydrogens is 260 g/mol. The van der Waals surface area contributed by atoms with E-state index in [9.17, 15) is 8.42 Å². The Morgan fingerprint density at radius 2 is 2.11 bits per heavy atom. The summed E-state index contributed by atoms with van der Waals surface area (Å²) in [6, 6.07) is 7.86. The van der Waals surface area contributed by atoms with Gasteiger partial charge in [0.25, 0.3) is 0 Å². The fourth-order valence-electron chi connectivity index (χ4n) is 1.63. The maximum atomic E-state index is 11.4. The van der Waals surface area contributed by atoms with Crippen LogP contribution in [0.2, 0.25) is 0 Å². The zero-order chi connectivity index (χ0) is 14.3. The molecule has 1 aromatic rings. The second-order valence-corrected chi connectivity index (χ2v) is 6.91. The van der Waals surface area contributed by atoms with Gasteiger partial charge in [-0.15, -0.1) is 6.42 Å². The molecule has 19 heavy (non-hydrogen) atoms. The van der Waals surface area contributed by atoms with Crippen LogP contribution in [0, 0.1) is 12.3 Å². The monoisotopic (exact) mass is 280 g/mol. The van der Waals surface area contributed by atoms with Crippen molar-refractivity contribution >= 4 is 9.84 Å². The van der Waals surface area contributed by atoms with Crippen molar-refractivity contribution in [2.75, 3.05) is 18.1 Å². The highest BCUT2D eigenvalue weighted by Crippen LogP contribution is 2.20. The van der Waals surface area contributed by atoms with Crippen LogP contribution in [0.1, 0.15) is 31.7 Å². The topological polar surface area (TPSA) is 43.4 Å². The maximum absolute atomic E-state index is 11.4. The summed E-state index contributed by atoms with van der Waals surface area (Å²) in [5, 5.41) is 0. The molecule has 0 radical (unpaired) electrons. The number of terminal acetylenes is 1. The van der Waals surface area contributed by atoms with Gasteiger partial charge in [-0.25, -0.2) is 8.42 Å². The zero-order valence-electron chi connectivity index (χ0n) is 11.4. The van der Waals surface area contributed by atoms with Gasteiger partial charge in [-0.1, -0.05) is 31.9 Å². The first-order valence-corrected chi connectivity index (χ1v) is 8.13. The molecule has 104 valence electrons. The first-order valence-electron chi connectivity index (χ1n) is 6.31. The molecule has 0 saturated carbocycles. The Bertz CT molecular complexity index is 539. The highest BCUT2D eigenvalue weighted by Gasteiger charge is 2.08. The van der Waals surface area contributed by atoms with Crippen molar-refractivity contribution in [1.82, 2.24) is 0 Å². The van der Waals surface area contributed by atoms with Gasteiger partial charge in [-0.3, -0.25) is 0 Å². The van der Waals surface area contributed by atoms with E-state index in [1.807, 2.05) is 18.2 Å². The van der Waals surface area contributed by atoms with E-state index in [1.54, 1.807) is 0 Å². The highest BCUT2D eigenvalue weighted by atomic mass is 32.2. The quantitative estimate of drug-likeness (QED) is 0.569. The van der Waals surface area contributed by atoms with Gasteiger partial charge in [0.1, 0.15) is 11.5 Å². The Balaban J connectivity index is 2.42. The molecule has 0 aliphatic carbocycles. The van der Waals surface area contributed by atoms with Crippen molar-refractivity contribution in [3.05, 3.63) is 29.8 Å². The lowest BCUT2D eigenvalue weighted by Crippen LogP contribution is -2.12. The van der Waals surface area contributed by atoms with Crippen molar-refractivity contribution in [3.63, 3.8) is 0 Å². The van der Waals surface area contributed by atoms with Crippen LogP contribution in [0.5, 0.6) is 5.75 Å². The molecule has 0 amide bonds. The Kier molecular flexibility index (Phi) is 5.91. The second kappa shape index (κ2) is 7.20. The molecule has 0 saturated heterocycles. The van der Waals surface area contributed by atoms with Crippen molar-refractivity contribution in [1.29, 1.82) is 0 Å². The minimum absolute atomic E-state index is 0.0705. The summed E-state index contributed by atoms with van der Waals surface area (Å²) in [6.07, 6.45) is 5.45. The minimum atomic E-state index is -3.12. The second-order valence-electron chi connectivity index (χ2n) is 4.73. The summed E-state index contributed by atoms with van der Waals surface area (Å²) in [7, 11) is -3.12. The molecule has 0 unspecified atom stereocenters. The van der Waals surface area contributed by atoms with Crippen LogP contribution in [0.4, 0.5) is 0 Å². The lowest BCUT2D eigenvalue weighted by molar-refractivity contribution is 0.317. The largest absolute Gasteiger partial charge is 0.494 e. The highest BCUT2D eigenvalue weighted by molar-refractivity contribution is 7.91. The molecule has 0 heterocycles. The van der Waals surface area contributed by atoms with E-state index in [4.69, 9.17) is 11.2 Å². The zero-order valence-corrected chi connectivity index (χ0v) is 12.2. The summed E-state index contributed by atoms with van der Waals surface area (Å²) < 4.78 is 28.3. The van der Waals surface area contributed by atoms with Gasteiger partial charge < -0.3 is 4.74 Å². The van der Waals surface area contributed by atoms with E-state index in [1.165, 1.54) is 5.56 Å². The predicted octanol–water partition coefficient (Wildman–Crippen LogP) is 2.63. The van der Waals surface area contributed by atoms with Crippen LogP contribution < -0.4 is 4.74 Å². The number of benzene rings is 1. The summed E-state index contributed by atoms with van der Waals surface area (Å²) in [5.74, 6) is 3.25. The molecule has 4 heteroatoms. The maximum Gasteiger partial charge on any atom is 0.161 e. The Labute approximate surface area is 115 Å². The van der Waals surface area contributed by atoms with Crippen molar-refractivity contribution < 1.29 is 13.2 Å². The molecule has 0 N–H and O–H groups in total. The lowest BCUT2D eigenvalue weighted by atomic mass is 10.0. The van der Waals surface area contributed by atoms with Gasteiger partial charge in [-0.2, -0.15) is 0 Å². The van der Waals surface area contributed by atoms with Crippen LogP contribution in [0.25, 0.3) is 0 Å². The third-order valence-corrected chi connectivity index (χ3v) is 4.21. The average Bonchev–Trinajstić information content (AvgIpc) is 2.35. The smallest absolute Gasteiger partial charge is 0.161 e. The predicted molar refractivity (Wildman–Crippen MR) is 78.1 cm³/mol. The Hall–Kier alpha value is -1.47. The molecule has 1 rings (SSSR count). The summed E-state index contributed by atoms with van der Waals surface area (Å²) in [6.45, 7) is 4.61. The molecule has 0 atom stereocenters. The molecule has 0 fully saturated rings. The summed E-state index contributed by atoms with van der Waals surface area (Å²) in [5.41, 5.74) is 1.21. The normalized spacial score (nSPS) is 11.3. The van der Waals surface area contributed by atoms with Gasteiger partial charge in [0.15, 0.2) is 9.84 Å². The third kappa shape index (κ3) is 5.80. The molecule has 3 nitrogen and oxygen atoms in total. The number of ether oxygens (including phenoxy) is 1. The molecule has 0 bridgehead atoms. The van der Waals surface area contributed by atoms with Crippen molar-refractivity contribution in [2.24, 2.45) is 0 Å². The lowest BCUT2D eigenvalue weighted by Gasteiger charge is -2.09. The molecule has 0 spiro atoms. The molecular formula is C15H20O3S. The molecule has 0 aliphatic rings. The van der Waals surface area contributed by atoms with Gasteiger partial charge in [-0.05, 0) is 30.0 Å². The van der Waals surface area contributed by atoms with Gasteiger partial charge in [0.2, 0.25) is 0 Å². The third-order valence-electron chi connectivity index (χ3n) is 2.70. The minimum Gasteiger partial charge on any atom is -0.494 e. The van der Waals surface area contributed by atoms with E-state index in [0.29, 0.717) is 18.9 Å². The Morgan fingerprint density at radius 3 is 2.74 bits per heavy atom. The molecule has 1 aromatic carbocycles. The molecule has 0 aromatic heterocycles. The van der Waals surface area contributed by atoms with Gasteiger partial charge in [0.05, 0.1) is 12.4 Å². The first-order chi connectivity index (χ1) is 8.94. The standard InChI is InChI=1S/C15H20O3S/c1-4-10-19(16,17)11-6-9-18-15-8-5-7-14(12-15)13(2)3/h1,5,7-8,12-13H,6,9-11H2,2-3H3. The van der Waals surface area contributed by atoms with E-state index >= 15 is 0 Å². The van der Waals surface area contributed by atoms with Gasteiger partial charge in [0, 0.05) is 0 Å². The summed E-state index contributed by atoms with van der Waals surface area (Å²) in [4.78, 5) is 0. The van der Waals surface area contributed by atoms with Crippen molar-refractivity contribution in [2.45, 2.75) is 26.2 Å². The van der Waals surface area contributed by atoms with E-state index in [0.717, 1.165) is 5.75 Å². The van der Waals surface area contributed by atoms with Crippen LogP contribution in [-0.4, -0.2) is 26.5 Å². The Morgan fingerprint density at radius 1 is 1.37 bits per heavy atom. The fourth-order valence-corrected chi connectivity index (χ4v) is 2.59. The SMILES string of the molecule is C#CCS(=O)(=O)CCCOc1cccc(C(C)C)c1. The number of hydrogen-bond donors (Lipinski definition) is 0.